The van der Waals surface area contributed by atoms with Crippen molar-refractivity contribution in [1.82, 2.24) is 0 Å². The zero-order valence-corrected chi connectivity index (χ0v) is 12.4. The van der Waals surface area contributed by atoms with Crippen LogP contribution in [-0.2, 0) is 11.8 Å². The molecule has 2 aliphatic rings. The molecule has 0 unspecified atom stereocenters. The maximum atomic E-state index is 3.70. The van der Waals surface area contributed by atoms with Crippen molar-refractivity contribution in [2.24, 2.45) is 0 Å². The van der Waals surface area contributed by atoms with Crippen LogP contribution in [0.15, 0.2) is 42.5 Å². The smallest absolute Gasteiger partial charge is 0.0411 e. The molecule has 1 nitrogen and oxygen atoms in total. The third-order valence-electron chi connectivity index (χ3n) is 4.83. The number of fused-ring (bicyclic) bond motifs is 5. The molecule has 0 saturated carbocycles. The molecule has 0 bridgehead atoms. The first kappa shape index (κ1) is 12.0. The van der Waals surface area contributed by atoms with Crippen LogP contribution in [0.1, 0.15) is 48.9 Å². The van der Waals surface area contributed by atoms with Gasteiger partial charge in [0.15, 0.2) is 0 Å². The van der Waals surface area contributed by atoms with E-state index in [1.165, 1.54) is 22.4 Å². The van der Waals surface area contributed by atoms with E-state index in [4.69, 9.17) is 0 Å². The fourth-order valence-corrected chi connectivity index (χ4v) is 3.73. The van der Waals surface area contributed by atoms with Crippen molar-refractivity contribution >= 4 is 5.69 Å². The molecule has 2 aromatic rings. The summed E-state index contributed by atoms with van der Waals surface area (Å²) in [6, 6.07) is 16.4. The highest BCUT2D eigenvalue weighted by molar-refractivity contribution is 5.66. The molecule has 0 radical (unpaired) electrons. The number of para-hydroxylation sites is 1. The molecule has 0 amide bonds. The molecular formula is C19H21N. The van der Waals surface area contributed by atoms with Crippen molar-refractivity contribution in [3.8, 4) is 0 Å². The topological polar surface area (TPSA) is 12.0 Å². The third-order valence-corrected chi connectivity index (χ3v) is 4.83. The fraction of sp³-hybridized carbons (Fsp3) is 0.368. The Kier molecular flexibility index (Phi) is 2.33. The van der Waals surface area contributed by atoms with Gasteiger partial charge in [-0.3, -0.25) is 0 Å². The molecule has 2 atom stereocenters. The SMILES string of the molecule is CC(C)(C)c1ccc2c(c1)[C@H]1c3ccccc3N[C@H]1C2. The van der Waals surface area contributed by atoms with Gasteiger partial charge in [-0.1, -0.05) is 57.2 Å². The summed E-state index contributed by atoms with van der Waals surface area (Å²) in [5.41, 5.74) is 7.53. The normalized spacial score (nSPS) is 22.9. The summed E-state index contributed by atoms with van der Waals surface area (Å²) in [5, 5.41) is 3.70. The fourth-order valence-electron chi connectivity index (χ4n) is 3.73. The van der Waals surface area contributed by atoms with Gasteiger partial charge in [0.2, 0.25) is 0 Å². The average molecular weight is 263 g/mol. The first-order valence-electron chi connectivity index (χ1n) is 7.53. The van der Waals surface area contributed by atoms with Crippen LogP contribution >= 0.6 is 0 Å². The van der Waals surface area contributed by atoms with Crippen molar-refractivity contribution in [1.29, 1.82) is 0 Å². The van der Waals surface area contributed by atoms with Gasteiger partial charge in [0, 0.05) is 17.6 Å². The number of nitrogens with one attached hydrogen (secondary N) is 1. The van der Waals surface area contributed by atoms with Gasteiger partial charge in [0.05, 0.1) is 0 Å². The van der Waals surface area contributed by atoms with Crippen LogP contribution in [0.5, 0.6) is 0 Å². The van der Waals surface area contributed by atoms with Crippen molar-refractivity contribution < 1.29 is 0 Å². The molecule has 0 saturated heterocycles. The molecule has 1 aliphatic heterocycles. The lowest BCUT2D eigenvalue weighted by Crippen LogP contribution is -2.17. The predicted octanol–water partition coefficient (Wildman–Crippen LogP) is 4.47. The Labute approximate surface area is 121 Å². The highest BCUT2D eigenvalue weighted by atomic mass is 15.0. The number of benzene rings is 2. The van der Waals surface area contributed by atoms with E-state index in [1.807, 2.05) is 0 Å². The Morgan fingerprint density at radius 1 is 1.00 bits per heavy atom. The minimum atomic E-state index is 0.221. The van der Waals surface area contributed by atoms with E-state index < -0.39 is 0 Å². The Morgan fingerprint density at radius 2 is 1.80 bits per heavy atom. The number of anilines is 1. The molecular weight excluding hydrogens is 242 g/mol. The maximum Gasteiger partial charge on any atom is 0.0411 e. The van der Waals surface area contributed by atoms with Crippen LogP contribution in [0.3, 0.4) is 0 Å². The van der Waals surface area contributed by atoms with Crippen LogP contribution in [0.2, 0.25) is 0 Å². The van der Waals surface area contributed by atoms with E-state index in [1.54, 1.807) is 5.56 Å². The van der Waals surface area contributed by atoms with Gasteiger partial charge in [-0.15, -0.1) is 0 Å². The van der Waals surface area contributed by atoms with E-state index in [2.05, 4.69) is 68.6 Å². The molecule has 102 valence electrons. The summed E-state index contributed by atoms with van der Waals surface area (Å²) < 4.78 is 0. The van der Waals surface area contributed by atoms with Gasteiger partial charge in [-0.25, -0.2) is 0 Å². The summed E-state index contributed by atoms with van der Waals surface area (Å²) in [7, 11) is 0. The summed E-state index contributed by atoms with van der Waals surface area (Å²) in [6.45, 7) is 6.88. The molecule has 0 spiro atoms. The lowest BCUT2D eigenvalue weighted by molar-refractivity contribution is 0.589. The Balaban J connectivity index is 1.85. The zero-order chi connectivity index (χ0) is 13.9. The van der Waals surface area contributed by atoms with Gasteiger partial charge in [0.1, 0.15) is 0 Å². The summed E-state index contributed by atoms with van der Waals surface area (Å²) >= 11 is 0. The first-order valence-corrected chi connectivity index (χ1v) is 7.53. The third kappa shape index (κ3) is 1.62. The highest BCUT2D eigenvalue weighted by Gasteiger charge is 2.39. The Bertz CT molecular complexity index is 678. The minimum Gasteiger partial charge on any atom is -0.381 e. The molecule has 1 heteroatoms. The Morgan fingerprint density at radius 3 is 2.60 bits per heavy atom. The molecule has 0 aromatic heterocycles. The monoisotopic (exact) mass is 263 g/mol. The second-order valence-electron chi connectivity index (χ2n) is 7.18. The van der Waals surface area contributed by atoms with E-state index in [0.717, 1.165) is 6.42 Å². The molecule has 2 aromatic carbocycles. The van der Waals surface area contributed by atoms with E-state index in [0.29, 0.717) is 12.0 Å². The lowest BCUT2D eigenvalue weighted by atomic mass is 9.83. The van der Waals surface area contributed by atoms with Crippen molar-refractivity contribution in [3.63, 3.8) is 0 Å². The summed E-state index contributed by atoms with van der Waals surface area (Å²) in [5.74, 6) is 0.545. The summed E-state index contributed by atoms with van der Waals surface area (Å²) in [6.07, 6.45) is 1.15. The molecule has 4 rings (SSSR count). The molecule has 20 heavy (non-hydrogen) atoms. The van der Waals surface area contributed by atoms with E-state index in [-0.39, 0.29) is 5.41 Å². The number of rotatable bonds is 0. The van der Waals surface area contributed by atoms with Gasteiger partial charge in [-0.2, -0.15) is 0 Å². The van der Waals surface area contributed by atoms with Gasteiger partial charge < -0.3 is 5.32 Å². The predicted molar refractivity (Wildman–Crippen MR) is 84.5 cm³/mol. The largest absolute Gasteiger partial charge is 0.381 e. The average Bonchev–Trinajstić information content (AvgIpc) is 2.91. The lowest BCUT2D eigenvalue weighted by Gasteiger charge is -2.21. The standard InChI is InChI=1S/C19H21N/c1-19(2,3)13-9-8-12-10-17-18(15(12)11-13)14-6-4-5-7-16(14)20-17/h4-9,11,17-18,20H,10H2,1-3H3/t17-,18+/m0/s1. The number of hydrogen-bond donors (Lipinski definition) is 1. The van der Waals surface area contributed by atoms with Crippen LogP contribution in [-0.4, -0.2) is 6.04 Å². The van der Waals surface area contributed by atoms with Gasteiger partial charge >= 0.3 is 0 Å². The van der Waals surface area contributed by atoms with Crippen molar-refractivity contribution in [2.45, 2.75) is 44.6 Å². The van der Waals surface area contributed by atoms with Gasteiger partial charge in [0.25, 0.3) is 0 Å². The quantitative estimate of drug-likeness (QED) is 0.739. The summed E-state index contributed by atoms with van der Waals surface area (Å²) in [4.78, 5) is 0. The highest BCUT2D eigenvalue weighted by Crippen LogP contribution is 2.47. The van der Waals surface area contributed by atoms with Crippen LogP contribution in [0.4, 0.5) is 5.69 Å². The van der Waals surface area contributed by atoms with Crippen LogP contribution in [0.25, 0.3) is 0 Å². The van der Waals surface area contributed by atoms with Crippen molar-refractivity contribution in [2.75, 3.05) is 5.32 Å². The molecule has 1 N–H and O–H groups in total. The van der Waals surface area contributed by atoms with Gasteiger partial charge in [-0.05, 0) is 40.2 Å². The second-order valence-corrected chi connectivity index (χ2v) is 7.18. The first-order chi connectivity index (χ1) is 9.54. The molecule has 0 fully saturated rings. The number of hydrogen-bond acceptors (Lipinski definition) is 1. The molecule has 1 heterocycles. The van der Waals surface area contributed by atoms with Crippen LogP contribution < -0.4 is 5.32 Å². The molecule has 1 aliphatic carbocycles. The van der Waals surface area contributed by atoms with E-state index >= 15 is 0 Å². The second kappa shape index (κ2) is 3.88. The Hall–Kier alpha value is -1.76. The van der Waals surface area contributed by atoms with E-state index in [9.17, 15) is 0 Å². The van der Waals surface area contributed by atoms with Crippen LogP contribution in [0, 0.1) is 0 Å². The zero-order valence-electron chi connectivity index (χ0n) is 12.4. The van der Waals surface area contributed by atoms with Crippen molar-refractivity contribution in [3.05, 3.63) is 64.7 Å². The maximum absolute atomic E-state index is 3.70. The minimum absolute atomic E-state index is 0.221.